The van der Waals surface area contributed by atoms with Gasteiger partial charge >= 0.3 is 0 Å². The van der Waals surface area contributed by atoms with Gasteiger partial charge in [-0.05, 0) is 37.5 Å². The summed E-state index contributed by atoms with van der Waals surface area (Å²) in [6.07, 6.45) is 2.42. The zero-order valence-electron chi connectivity index (χ0n) is 16.6. The summed E-state index contributed by atoms with van der Waals surface area (Å²) in [6.45, 7) is 6.28. The zero-order valence-corrected chi connectivity index (χ0v) is 18.9. The van der Waals surface area contributed by atoms with Crippen molar-refractivity contribution in [3.63, 3.8) is 0 Å². The molecule has 2 saturated heterocycles. The number of aliphatic imine (C=N–C) groups is 1. The minimum Gasteiger partial charge on any atom is -0.377 e. The fourth-order valence-electron chi connectivity index (χ4n) is 3.54. The van der Waals surface area contributed by atoms with Crippen molar-refractivity contribution in [2.45, 2.75) is 38.1 Å². The third-order valence-electron chi connectivity index (χ3n) is 4.87. The van der Waals surface area contributed by atoms with Crippen LogP contribution in [0.2, 0.25) is 0 Å². The van der Waals surface area contributed by atoms with E-state index in [2.05, 4.69) is 15.2 Å². The molecule has 0 aliphatic carbocycles. The number of rotatable bonds is 6. The molecule has 0 spiro atoms. The largest absolute Gasteiger partial charge is 0.377 e. The van der Waals surface area contributed by atoms with Crippen LogP contribution < -0.4 is 5.32 Å². The van der Waals surface area contributed by atoms with Gasteiger partial charge in [0.25, 0.3) is 0 Å². The van der Waals surface area contributed by atoms with Gasteiger partial charge in [-0.2, -0.15) is 0 Å². The fourth-order valence-corrected chi connectivity index (χ4v) is 3.54. The van der Waals surface area contributed by atoms with Crippen LogP contribution in [0.1, 0.15) is 31.4 Å². The molecule has 1 N–H and O–H groups in total. The monoisotopic (exact) mass is 507 g/mol. The van der Waals surface area contributed by atoms with E-state index in [1.54, 1.807) is 19.2 Å². The van der Waals surface area contributed by atoms with Gasteiger partial charge in [-0.1, -0.05) is 12.1 Å². The number of nitrogens with one attached hydrogen (secondary N) is 1. The maximum Gasteiger partial charge on any atom is 0.193 e. The second-order valence-electron chi connectivity index (χ2n) is 7.08. The van der Waals surface area contributed by atoms with E-state index in [1.807, 2.05) is 6.92 Å². The summed E-state index contributed by atoms with van der Waals surface area (Å²) in [4.78, 5) is 6.58. The lowest BCUT2D eigenvalue weighted by molar-refractivity contribution is -0.0606. The topological polar surface area (TPSA) is 55.3 Å². The summed E-state index contributed by atoms with van der Waals surface area (Å²) in [5.74, 6) is 0.595. The molecule has 2 heterocycles. The first kappa shape index (κ1) is 23.3. The maximum atomic E-state index is 13.2. The van der Waals surface area contributed by atoms with Gasteiger partial charge in [0, 0.05) is 26.7 Å². The molecular weight excluding hydrogens is 476 g/mol. The van der Waals surface area contributed by atoms with Crippen LogP contribution >= 0.6 is 24.0 Å². The van der Waals surface area contributed by atoms with Gasteiger partial charge in [-0.25, -0.2) is 4.39 Å². The number of hydrogen-bond donors (Lipinski definition) is 1. The Morgan fingerprint density at radius 2 is 2.11 bits per heavy atom. The average molecular weight is 507 g/mol. The minimum atomic E-state index is -0.236. The molecule has 28 heavy (non-hydrogen) atoms. The molecule has 0 saturated carbocycles. The highest BCUT2D eigenvalue weighted by Crippen LogP contribution is 2.25. The number of benzene rings is 1. The quantitative estimate of drug-likeness (QED) is 0.278. The van der Waals surface area contributed by atoms with Crippen molar-refractivity contribution in [3.8, 4) is 0 Å². The van der Waals surface area contributed by atoms with Gasteiger partial charge in [0.05, 0.1) is 32.0 Å². The molecule has 8 heteroatoms. The minimum absolute atomic E-state index is 0. The molecule has 1 aromatic rings. The lowest BCUT2D eigenvalue weighted by Crippen LogP contribution is -2.51. The van der Waals surface area contributed by atoms with E-state index in [1.165, 1.54) is 12.1 Å². The summed E-state index contributed by atoms with van der Waals surface area (Å²) < 4.78 is 30.5. The van der Waals surface area contributed by atoms with Gasteiger partial charge in [0.2, 0.25) is 0 Å². The first-order valence-corrected chi connectivity index (χ1v) is 9.71. The molecular formula is C20H31FIN3O3. The van der Waals surface area contributed by atoms with E-state index in [0.717, 1.165) is 37.5 Å². The van der Waals surface area contributed by atoms with E-state index in [4.69, 9.17) is 14.2 Å². The molecule has 3 unspecified atom stereocenters. The van der Waals surface area contributed by atoms with Gasteiger partial charge in [0.15, 0.2) is 5.96 Å². The van der Waals surface area contributed by atoms with Crippen LogP contribution in [0.4, 0.5) is 4.39 Å². The molecule has 6 nitrogen and oxygen atoms in total. The number of morpholine rings is 1. The van der Waals surface area contributed by atoms with Crippen molar-refractivity contribution in [1.82, 2.24) is 10.2 Å². The van der Waals surface area contributed by atoms with E-state index in [9.17, 15) is 4.39 Å². The molecule has 0 radical (unpaired) electrons. The Hall–Kier alpha value is -0.970. The number of halogens is 2. The number of ether oxygens (including phenoxy) is 3. The molecule has 0 aromatic heterocycles. The first-order chi connectivity index (χ1) is 13.2. The van der Waals surface area contributed by atoms with Crippen molar-refractivity contribution in [1.29, 1.82) is 0 Å². The summed E-state index contributed by atoms with van der Waals surface area (Å²) in [5, 5.41) is 3.36. The molecule has 3 rings (SSSR count). The van der Waals surface area contributed by atoms with Crippen LogP contribution in [0.5, 0.6) is 0 Å². The second kappa shape index (κ2) is 11.9. The normalized spacial score (nSPS) is 25.5. The van der Waals surface area contributed by atoms with E-state index in [-0.39, 0.29) is 48.1 Å². The van der Waals surface area contributed by atoms with Crippen LogP contribution in [-0.2, 0) is 14.2 Å². The van der Waals surface area contributed by atoms with Crippen molar-refractivity contribution in [2.75, 3.05) is 46.5 Å². The van der Waals surface area contributed by atoms with E-state index >= 15 is 0 Å². The molecule has 2 fully saturated rings. The van der Waals surface area contributed by atoms with E-state index in [0.29, 0.717) is 26.3 Å². The highest BCUT2D eigenvalue weighted by molar-refractivity contribution is 14.0. The van der Waals surface area contributed by atoms with Crippen molar-refractivity contribution >= 4 is 29.9 Å². The third-order valence-corrected chi connectivity index (χ3v) is 4.87. The summed E-state index contributed by atoms with van der Waals surface area (Å²) >= 11 is 0. The highest BCUT2D eigenvalue weighted by atomic mass is 127. The molecule has 2 aliphatic rings. The van der Waals surface area contributed by atoms with Gasteiger partial charge in [0.1, 0.15) is 11.9 Å². The third kappa shape index (κ3) is 6.82. The van der Waals surface area contributed by atoms with Crippen LogP contribution in [0.25, 0.3) is 0 Å². The van der Waals surface area contributed by atoms with Crippen molar-refractivity contribution < 1.29 is 18.6 Å². The Labute approximate surface area is 183 Å². The Morgan fingerprint density at radius 1 is 1.32 bits per heavy atom. The van der Waals surface area contributed by atoms with Crippen LogP contribution in [0, 0.1) is 5.82 Å². The molecule has 2 aliphatic heterocycles. The summed E-state index contributed by atoms with van der Waals surface area (Å²) in [7, 11) is 1.78. The van der Waals surface area contributed by atoms with Crippen LogP contribution in [0.3, 0.4) is 0 Å². The lowest BCUT2D eigenvalue weighted by Gasteiger charge is -2.38. The van der Waals surface area contributed by atoms with Crippen LogP contribution in [-0.4, -0.2) is 69.6 Å². The Bertz CT molecular complexity index is 611. The summed E-state index contributed by atoms with van der Waals surface area (Å²) in [6, 6.07) is 6.51. The number of hydrogen-bond acceptors (Lipinski definition) is 4. The average Bonchev–Trinajstić information content (AvgIpc) is 3.18. The van der Waals surface area contributed by atoms with Gasteiger partial charge in [-0.3, -0.25) is 4.99 Å². The molecule has 158 valence electrons. The first-order valence-electron chi connectivity index (χ1n) is 9.71. The lowest BCUT2D eigenvalue weighted by atomic mass is 10.1. The van der Waals surface area contributed by atoms with Crippen LogP contribution in [0.15, 0.2) is 29.3 Å². The predicted octanol–water partition coefficient (Wildman–Crippen LogP) is 2.98. The standard InChI is InChI=1S/C20H30FN3O3.HI/c1-15-12-24(13-19(27-15)16-5-7-17(21)8-6-16)20(22-2)23-9-11-25-14-18-4-3-10-26-18;/h5-8,15,18-19H,3-4,9-14H2,1-2H3,(H,22,23);1H. The smallest absolute Gasteiger partial charge is 0.193 e. The van der Waals surface area contributed by atoms with Crippen molar-refractivity contribution in [2.24, 2.45) is 4.99 Å². The van der Waals surface area contributed by atoms with Crippen molar-refractivity contribution in [3.05, 3.63) is 35.6 Å². The molecule has 0 bridgehead atoms. The molecule has 3 atom stereocenters. The molecule has 1 aromatic carbocycles. The Morgan fingerprint density at radius 3 is 2.79 bits per heavy atom. The SMILES string of the molecule is CN=C(NCCOCC1CCCO1)N1CC(C)OC(c2ccc(F)cc2)C1.I. The maximum absolute atomic E-state index is 13.2. The second-order valence-corrected chi connectivity index (χ2v) is 7.08. The number of nitrogens with zero attached hydrogens (tertiary/aromatic N) is 2. The van der Waals surface area contributed by atoms with Gasteiger partial charge in [-0.15, -0.1) is 24.0 Å². The summed E-state index contributed by atoms with van der Waals surface area (Å²) in [5.41, 5.74) is 0.975. The Balaban J connectivity index is 0.00000280. The highest BCUT2D eigenvalue weighted by Gasteiger charge is 2.28. The Kier molecular flexibility index (Phi) is 9.90. The van der Waals surface area contributed by atoms with E-state index < -0.39 is 0 Å². The van der Waals surface area contributed by atoms with Gasteiger partial charge < -0.3 is 24.4 Å². The molecule has 0 amide bonds. The zero-order chi connectivity index (χ0) is 19.1. The fraction of sp³-hybridized carbons (Fsp3) is 0.650. The number of guanidine groups is 1. The predicted molar refractivity (Wildman–Crippen MR) is 118 cm³/mol.